The molecule has 1 heterocycles. The number of nitrogens with one attached hydrogen (secondary N) is 1. The standard InChI is InChI=1S/C10H12N2O2/c1-6(13)9-7-4-2-3-5-8(14)10(7)12-11-9/h2-5H2,1H3,(H,11,12). The van der Waals surface area contributed by atoms with Gasteiger partial charge < -0.3 is 0 Å². The number of aromatic nitrogens is 2. The van der Waals surface area contributed by atoms with Crippen LogP contribution in [-0.4, -0.2) is 21.8 Å². The van der Waals surface area contributed by atoms with Gasteiger partial charge in [0.1, 0.15) is 11.4 Å². The number of hydrogen-bond donors (Lipinski definition) is 1. The molecule has 4 nitrogen and oxygen atoms in total. The quantitative estimate of drug-likeness (QED) is 0.542. The minimum atomic E-state index is -0.0720. The molecule has 0 saturated heterocycles. The second-order valence-electron chi connectivity index (χ2n) is 3.61. The van der Waals surface area contributed by atoms with Gasteiger partial charge in [0.25, 0.3) is 0 Å². The molecule has 1 aromatic rings. The zero-order valence-electron chi connectivity index (χ0n) is 8.09. The van der Waals surface area contributed by atoms with Gasteiger partial charge in [0.05, 0.1) is 0 Å². The number of carbonyl (C=O) groups excluding carboxylic acids is 2. The van der Waals surface area contributed by atoms with Crippen molar-refractivity contribution in [3.8, 4) is 0 Å². The molecule has 74 valence electrons. The Hall–Kier alpha value is -1.45. The Balaban J connectivity index is 2.50. The van der Waals surface area contributed by atoms with E-state index in [1.165, 1.54) is 6.92 Å². The molecule has 1 N–H and O–H groups in total. The minimum Gasteiger partial charge on any atom is -0.293 e. The zero-order valence-corrected chi connectivity index (χ0v) is 8.09. The summed E-state index contributed by atoms with van der Waals surface area (Å²) in [4.78, 5) is 22.8. The average Bonchev–Trinajstić information content (AvgIpc) is 2.48. The van der Waals surface area contributed by atoms with Crippen molar-refractivity contribution in [2.24, 2.45) is 0 Å². The van der Waals surface area contributed by atoms with Crippen LogP contribution in [0.1, 0.15) is 52.7 Å². The van der Waals surface area contributed by atoms with Crippen LogP contribution in [0.5, 0.6) is 0 Å². The molecular weight excluding hydrogens is 180 g/mol. The minimum absolute atomic E-state index is 0.0720. The third-order valence-electron chi connectivity index (χ3n) is 2.56. The van der Waals surface area contributed by atoms with Crippen LogP contribution in [0.25, 0.3) is 0 Å². The first kappa shape index (κ1) is 9.12. The highest BCUT2D eigenvalue weighted by molar-refractivity contribution is 6.01. The van der Waals surface area contributed by atoms with Crippen LogP contribution in [-0.2, 0) is 6.42 Å². The molecule has 0 fully saturated rings. The van der Waals surface area contributed by atoms with E-state index in [-0.39, 0.29) is 11.6 Å². The molecule has 0 saturated carbocycles. The normalized spacial score (nSPS) is 16.2. The van der Waals surface area contributed by atoms with Gasteiger partial charge in [-0.3, -0.25) is 14.7 Å². The van der Waals surface area contributed by atoms with Gasteiger partial charge in [0.15, 0.2) is 11.6 Å². The molecule has 1 aromatic heterocycles. The molecule has 0 unspecified atom stereocenters. The molecule has 1 aliphatic carbocycles. The molecule has 0 amide bonds. The number of H-pyrrole nitrogens is 1. The Labute approximate surface area is 81.7 Å². The van der Waals surface area contributed by atoms with Crippen LogP contribution in [0.2, 0.25) is 0 Å². The lowest BCUT2D eigenvalue weighted by atomic mass is 10.1. The first-order valence-electron chi connectivity index (χ1n) is 4.81. The predicted octanol–water partition coefficient (Wildman–Crippen LogP) is 1.52. The van der Waals surface area contributed by atoms with Crippen LogP contribution < -0.4 is 0 Å². The lowest BCUT2D eigenvalue weighted by molar-refractivity contribution is 0.0975. The fraction of sp³-hybridized carbons (Fsp3) is 0.500. The van der Waals surface area contributed by atoms with E-state index in [2.05, 4.69) is 10.2 Å². The second kappa shape index (κ2) is 3.36. The van der Waals surface area contributed by atoms with Gasteiger partial charge in [0.2, 0.25) is 0 Å². The molecule has 0 radical (unpaired) electrons. The van der Waals surface area contributed by atoms with Crippen LogP contribution in [0.15, 0.2) is 0 Å². The van der Waals surface area contributed by atoms with E-state index in [0.29, 0.717) is 17.8 Å². The monoisotopic (exact) mass is 192 g/mol. The van der Waals surface area contributed by atoms with E-state index < -0.39 is 0 Å². The van der Waals surface area contributed by atoms with Crippen molar-refractivity contribution in [3.63, 3.8) is 0 Å². The first-order valence-corrected chi connectivity index (χ1v) is 4.81. The van der Waals surface area contributed by atoms with E-state index in [9.17, 15) is 9.59 Å². The molecule has 0 aromatic carbocycles. The van der Waals surface area contributed by atoms with Crippen molar-refractivity contribution in [1.29, 1.82) is 0 Å². The van der Waals surface area contributed by atoms with Gasteiger partial charge in [-0.15, -0.1) is 0 Å². The molecule has 0 atom stereocenters. The summed E-state index contributed by atoms with van der Waals surface area (Å²) in [7, 11) is 0. The highest BCUT2D eigenvalue weighted by Gasteiger charge is 2.22. The summed E-state index contributed by atoms with van der Waals surface area (Å²) in [6.07, 6.45) is 3.20. The Morgan fingerprint density at radius 3 is 2.79 bits per heavy atom. The second-order valence-corrected chi connectivity index (χ2v) is 3.61. The van der Waals surface area contributed by atoms with Gasteiger partial charge in [-0.1, -0.05) is 0 Å². The van der Waals surface area contributed by atoms with E-state index >= 15 is 0 Å². The maximum atomic E-state index is 11.6. The lowest BCUT2D eigenvalue weighted by Crippen LogP contribution is -2.01. The summed E-state index contributed by atoms with van der Waals surface area (Å²) < 4.78 is 0. The smallest absolute Gasteiger partial charge is 0.180 e. The molecular formula is C10H12N2O2. The Morgan fingerprint density at radius 2 is 2.07 bits per heavy atom. The van der Waals surface area contributed by atoms with Gasteiger partial charge in [0, 0.05) is 18.9 Å². The van der Waals surface area contributed by atoms with Gasteiger partial charge in [-0.05, 0) is 19.3 Å². The van der Waals surface area contributed by atoms with Crippen LogP contribution in [0.3, 0.4) is 0 Å². The number of nitrogens with zero attached hydrogens (tertiary/aromatic N) is 1. The van der Waals surface area contributed by atoms with E-state index in [1.54, 1.807) is 0 Å². The summed E-state index contributed by atoms with van der Waals surface area (Å²) in [5, 5.41) is 6.57. The maximum Gasteiger partial charge on any atom is 0.180 e. The molecule has 2 rings (SSSR count). The average molecular weight is 192 g/mol. The number of aromatic amines is 1. The fourth-order valence-corrected chi connectivity index (χ4v) is 1.84. The third-order valence-corrected chi connectivity index (χ3v) is 2.56. The number of Topliss-reactive ketones (excluding diaryl/α,β-unsaturated/α-hetero) is 2. The summed E-state index contributed by atoms with van der Waals surface area (Å²) in [5.74, 6) is 0.00898. The van der Waals surface area contributed by atoms with Crippen molar-refractivity contribution >= 4 is 11.6 Å². The Kier molecular flexibility index (Phi) is 2.19. The summed E-state index contributed by atoms with van der Waals surface area (Å²) in [6.45, 7) is 1.48. The maximum absolute atomic E-state index is 11.6. The van der Waals surface area contributed by atoms with Gasteiger partial charge >= 0.3 is 0 Å². The Bertz CT molecular complexity index is 393. The first-order chi connectivity index (χ1) is 6.70. The van der Waals surface area contributed by atoms with Crippen molar-refractivity contribution < 1.29 is 9.59 Å². The van der Waals surface area contributed by atoms with Crippen LogP contribution in [0.4, 0.5) is 0 Å². The van der Waals surface area contributed by atoms with E-state index in [0.717, 1.165) is 24.8 Å². The van der Waals surface area contributed by atoms with Gasteiger partial charge in [-0.2, -0.15) is 5.10 Å². The molecule has 0 bridgehead atoms. The van der Waals surface area contributed by atoms with E-state index in [1.807, 2.05) is 0 Å². The van der Waals surface area contributed by atoms with Crippen molar-refractivity contribution in [2.45, 2.75) is 32.6 Å². The molecule has 14 heavy (non-hydrogen) atoms. The Morgan fingerprint density at radius 1 is 1.36 bits per heavy atom. The highest BCUT2D eigenvalue weighted by Crippen LogP contribution is 2.21. The number of fused-ring (bicyclic) bond motifs is 1. The molecule has 1 aliphatic rings. The largest absolute Gasteiger partial charge is 0.293 e. The summed E-state index contributed by atoms with van der Waals surface area (Å²) in [5.41, 5.74) is 1.81. The number of hydrogen-bond acceptors (Lipinski definition) is 3. The number of carbonyl (C=O) groups is 2. The van der Waals surface area contributed by atoms with Crippen molar-refractivity contribution in [1.82, 2.24) is 10.2 Å². The highest BCUT2D eigenvalue weighted by atomic mass is 16.1. The molecule has 0 spiro atoms. The van der Waals surface area contributed by atoms with Crippen LogP contribution in [0, 0.1) is 0 Å². The van der Waals surface area contributed by atoms with E-state index in [4.69, 9.17) is 0 Å². The SMILES string of the molecule is CC(=O)c1n[nH]c2c1CCCCC2=O. The molecule has 4 heteroatoms. The zero-order chi connectivity index (χ0) is 10.1. The number of ketones is 2. The fourth-order valence-electron chi connectivity index (χ4n) is 1.84. The molecule has 0 aliphatic heterocycles. The topological polar surface area (TPSA) is 62.8 Å². The lowest BCUT2D eigenvalue weighted by Gasteiger charge is -1.96. The van der Waals surface area contributed by atoms with Gasteiger partial charge in [-0.25, -0.2) is 0 Å². The van der Waals surface area contributed by atoms with Crippen molar-refractivity contribution in [3.05, 3.63) is 17.0 Å². The van der Waals surface area contributed by atoms with Crippen LogP contribution >= 0.6 is 0 Å². The van der Waals surface area contributed by atoms with Crippen molar-refractivity contribution in [2.75, 3.05) is 0 Å². The predicted molar refractivity (Wildman–Crippen MR) is 50.5 cm³/mol. The third kappa shape index (κ3) is 1.36. The summed E-state index contributed by atoms with van der Waals surface area (Å²) >= 11 is 0. The summed E-state index contributed by atoms with van der Waals surface area (Å²) in [6, 6.07) is 0. The number of rotatable bonds is 1.